The van der Waals surface area contributed by atoms with Gasteiger partial charge in [0.2, 0.25) is 5.88 Å². The van der Waals surface area contributed by atoms with Crippen molar-refractivity contribution in [2.24, 2.45) is 14.1 Å². The molecule has 0 fully saturated rings. The van der Waals surface area contributed by atoms with Gasteiger partial charge in [-0.15, -0.1) is 0 Å². The van der Waals surface area contributed by atoms with Crippen LogP contribution in [0.5, 0.6) is 5.88 Å². The van der Waals surface area contributed by atoms with Gasteiger partial charge in [0.15, 0.2) is 0 Å². The number of carbonyl (C=O) groups is 1. The zero-order chi connectivity index (χ0) is 19.0. The maximum absolute atomic E-state index is 12.7. The standard InChI is InChI=1S/C19H22N6O2/c1-13-5-4-6-18(20-13)27-12-16-14-11-25(10-8-17(14)24(3)22-16)19(26)15-7-9-23(2)21-15/h4-7,9H,8,10-12H2,1-3H3. The van der Waals surface area contributed by atoms with Gasteiger partial charge in [-0.1, -0.05) is 6.07 Å². The lowest BCUT2D eigenvalue weighted by molar-refractivity contribution is 0.0725. The highest BCUT2D eigenvalue weighted by molar-refractivity contribution is 5.92. The predicted octanol–water partition coefficient (Wildman–Crippen LogP) is 1.63. The van der Waals surface area contributed by atoms with E-state index in [0.29, 0.717) is 31.3 Å². The van der Waals surface area contributed by atoms with Crippen LogP contribution in [0.15, 0.2) is 30.5 Å². The van der Waals surface area contributed by atoms with Gasteiger partial charge in [0.05, 0.1) is 0 Å². The summed E-state index contributed by atoms with van der Waals surface area (Å²) in [6, 6.07) is 7.42. The van der Waals surface area contributed by atoms with E-state index < -0.39 is 0 Å². The van der Waals surface area contributed by atoms with Crippen LogP contribution in [0.4, 0.5) is 0 Å². The van der Waals surface area contributed by atoms with Crippen molar-refractivity contribution in [2.75, 3.05) is 6.54 Å². The average Bonchev–Trinajstić information content (AvgIpc) is 3.23. The van der Waals surface area contributed by atoms with E-state index in [1.165, 1.54) is 0 Å². The maximum atomic E-state index is 12.7. The van der Waals surface area contributed by atoms with Crippen molar-refractivity contribution in [1.82, 2.24) is 29.4 Å². The van der Waals surface area contributed by atoms with Crippen molar-refractivity contribution in [3.8, 4) is 5.88 Å². The Labute approximate surface area is 157 Å². The number of rotatable bonds is 4. The van der Waals surface area contributed by atoms with E-state index >= 15 is 0 Å². The lowest BCUT2D eigenvalue weighted by atomic mass is 10.0. The molecule has 3 aromatic heterocycles. The first-order chi connectivity index (χ1) is 13.0. The van der Waals surface area contributed by atoms with Crippen molar-refractivity contribution >= 4 is 5.91 Å². The Morgan fingerprint density at radius 2 is 2.07 bits per heavy atom. The molecule has 0 spiro atoms. The highest BCUT2D eigenvalue weighted by atomic mass is 16.5. The minimum Gasteiger partial charge on any atom is -0.471 e. The van der Waals surface area contributed by atoms with Crippen LogP contribution in [0.2, 0.25) is 0 Å². The largest absolute Gasteiger partial charge is 0.471 e. The third-order valence-electron chi connectivity index (χ3n) is 4.77. The number of amides is 1. The van der Waals surface area contributed by atoms with Gasteiger partial charge >= 0.3 is 0 Å². The van der Waals surface area contributed by atoms with Crippen LogP contribution in [0.25, 0.3) is 0 Å². The molecule has 0 atom stereocenters. The van der Waals surface area contributed by atoms with Gasteiger partial charge in [-0.2, -0.15) is 10.2 Å². The molecule has 0 radical (unpaired) electrons. The van der Waals surface area contributed by atoms with Gasteiger partial charge in [-0.3, -0.25) is 14.2 Å². The molecule has 4 heterocycles. The Balaban J connectivity index is 1.53. The molecule has 0 saturated carbocycles. The summed E-state index contributed by atoms with van der Waals surface area (Å²) in [6.07, 6.45) is 2.54. The molecule has 0 aliphatic carbocycles. The molecular formula is C19H22N6O2. The molecule has 4 rings (SSSR count). The average molecular weight is 366 g/mol. The topological polar surface area (TPSA) is 78.1 Å². The molecule has 140 valence electrons. The normalized spacial score (nSPS) is 13.5. The van der Waals surface area contributed by atoms with E-state index in [2.05, 4.69) is 15.2 Å². The van der Waals surface area contributed by atoms with Crippen molar-refractivity contribution in [1.29, 1.82) is 0 Å². The SMILES string of the molecule is Cc1cccc(OCc2nn(C)c3c2CN(C(=O)c2ccn(C)n2)CC3)n1. The monoisotopic (exact) mass is 366 g/mol. The minimum absolute atomic E-state index is 0.0580. The van der Waals surface area contributed by atoms with E-state index in [-0.39, 0.29) is 5.91 Å². The number of hydrogen-bond donors (Lipinski definition) is 0. The van der Waals surface area contributed by atoms with Crippen LogP contribution in [0.3, 0.4) is 0 Å². The fraction of sp³-hybridized carbons (Fsp3) is 0.368. The summed E-state index contributed by atoms with van der Waals surface area (Å²) < 4.78 is 9.36. The van der Waals surface area contributed by atoms with Gasteiger partial charge in [-0.25, -0.2) is 4.98 Å². The van der Waals surface area contributed by atoms with Crippen LogP contribution in [0.1, 0.15) is 33.1 Å². The first kappa shape index (κ1) is 17.3. The molecule has 0 N–H and O–H groups in total. The number of hydrogen-bond acceptors (Lipinski definition) is 5. The molecule has 0 bridgehead atoms. The van der Waals surface area contributed by atoms with Gasteiger partial charge in [0.1, 0.15) is 18.0 Å². The maximum Gasteiger partial charge on any atom is 0.274 e. The van der Waals surface area contributed by atoms with E-state index in [4.69, 9.17) is 4.74 Å². The molecule has 8 nitrogen and oxygen atoms in total. The number of pyridine rings is 1. The second-order valence-corrected chi connectivity index (χ2v) is 6.75. The first-order valence-corrected chi connectivity index (χ1v) is 8.90. The van der Waals surface area contributed by atoms with Crippen LogP contribution in [-0.2, 0) is 33.7 Å². The summed E-state index contributed by atoms with van der Waals surface area (Å²) in [5, 5.41) is 8.83. The summed E-state index contributed by atoms with van der Waals surface area (Å²) in [5.74, 6) is 0.518. The van der Waals surface area contributed by atoms with E-state index in [0.717, 1.165) is 29.1 Å². The number of ether oxygens (including phenoxy) is 1. The molecule has 1 amide bonds. The molecule has 0 unspecified atom stereocenters. The lowest BCUT2D eigenvalue weighted by Gasteiger charge is -2.27. The first-order valence-electron chi connectivity index (χ1n) is 8.90. The van der Waals surface area contributed by atoms with Crippen LogP contribution in [0, 0.1) is 6.92 Å². The molecule has 0 saturated heterocycles. The molecule has 8 heteroatoms. The lowest BCUT2D eigenvalue weighted by Crippen LogP contribution is -2.36. The van der Waals surface area contributed by atoms with Gasteiger partial charge in [0, 0.05) is 62.8 Å². The Bertz CT molecular complexity index is 990. The van der Waals surface area contributed by atoms with E-state index in [9.17, 15) is 4.79 Å². The third kappa shape index (κ3) is 3.42. The summed E-state index contributed by atoms with van der Waals surface area (Å²) in [5.41, 5.74) is 4.42. The minimum atomic E-state index is -0.0580. The Kier molecular flexibility index (Phi) is 4.39. The molecular weight excluding hydrogens is 344 g/mol. The fourth-order valence-electron chi connectivity index (χ4n) is 3.39. The molecule has 1 aliphatic rings. The van der Waals surface area contributed by atoms with E-state index in [1.54, 1.807) is 24.0 Å². The molecule has 0 aromatic carbocycles. The van der Waals surface area contributed by atoms with Crippen LogP contribution >= 0.6 is 0 Å². The summed E-state index contributed by atoms with van der Waals surface area (Å²) in [4.78, 5) is 18.9. The predicted molar refractivity (Wildman–Crippen MR) is 98.2 cm³/mol. The zero-order valence-corrected chi connectivity index (χ0v) is 15.7. The van der Waals surface area contributed by atoms with Crippen LogP contribution in [-0.4, -0.2) is 41.9 Å². The summed E-state index contributed by atoms with van der Waals surface area (Å²) >= 11 is 0. The molecule has 3 aromatic rings. The molecule has 1 aliphatic heterocycles. The number of carbonyl (C=O) groups excluding carboxylic acids is 1. The Morgan fingerprint density at radius 1 is 1.22 bits per heavy atom. The van der Waals surface area contributed by atoms with Crippen molar-refractivity contribution < 1.29 is 9.53 Å². The smallest absolute Gasteiger partial charge is 0.274 e. The summed E-state index contributed by atoms with van der Waals surface area (Å²) in [6.45, 7) is 3.42. The van der Waals surface area contributed by atoms with Gasteiger partial charge in [-0.05, 0) is 19.1 Å². The van der Waals surface area contributed by atoms with Crippen LogP contribution < -0.4 is 4.74 Å². The number of aryl methyl sites for hydroxylation is 3. The number of nitrogens with zero attached hydrogens (tertiary/aromatic N) is 6. The van der Waals surface area contributed by atoms with Crippen molar-refractivity contribution in [3.05, 3.63) is 58.8 Å². The quantitative estimate of drug-likeness (QED) is 0.701. The zero-order valence-electron chi connectivity index (χ0n) is 15.7. The third-order valence-corrected chi connectivity index (χ3v) is 4.77. The van der Waals surface area contributed by atoms with Gasteiger partial charge in [0.25, 0.3) is 5.91 Å². The second kappa shape index (κ2) is 6.86. The van der Waals surface area contributed by atoms with E-state index in [1.807, 2.05) is 41.8 Å². The van der Waals surface area contributed by atoms with Gasteiger partial charge < -0.3 is 9.64 Å². The number of aromatic nitrogens is 5. The highest BCUT2D eigenvalue weighted by Gasteiger charge is 2.28. The van der Waals surface area contributed by atoms with Crippen molar-refractivity contribution in [3.63, 3.8) is 0 Å². The second-order valence-electron chi connectivity index (χ2n) is 6.75. The Morgan fingerprint density at radius 3 is 2.81 bits per heavy atom. The van der Waals surface area contributed by atoms with Crippen molar-refractivity contribution in [2.45, 2.75) is 26.5 Å². The Hall–Kier alpha value is -3.16. The number of fused-ring (bicyclic) bond motifs is 1. The fourth-order valence-corrected chi connectivity index (χ4v) is 3.39. The summed E-state index contributed by atoms with van der Waals surface area (Å²) in [7, 11) is 3.74. The molecule has 27 heavy (non-hydrogen) atoms. The highest BCUT2D eigenvalue weighted by Crippen LogP contribution is 2.24.